The first-order chi connectivity index (χ1) is 9.02. The number of hydrogen-bond donors (Lipinski definition) is 0. The Morgan fingerprint density at radius 2 is 1.47 bits per heavy atom. The van der Waals surface area contributed by atoms with Crippen molar-refractivity contribution in [2.75, 3.05) is 0 Å². The second kappa shape index (κ2) is 11.5. The molecule has 1 unspecified atom stereocenters. The molecule has 19 heavy (non-hydrogen) atoms. The average molecular weight is 288 g/mol. The second-order valence-corrected chi connectivity index (χ2v) is 6.43. The van der Waals surface area contributed by atoms with Gasteiger partial charge in [0.25, 0.3) is 0 Å². The second-order valence-electron chi connectivity index (χ2n) is 5.59. The van der Waals surface area contributed by atoms with Crippen molar-refractivity contribution in [3.63, 3.8) is 0 Å². The molecule has 3 heteroatoms. The highest BCUT2D eigenvalue weighted by Crippen LogP contribution is 2.18. The molecule has 0 aliphatic rings. The predicted octanol–water partition coefficient (Wildman–Crippen LogP) is 4.97. The Morgan fingerprint density at radius 1 is 1.00 bits per heavy atom. The van der Waals surface area contributed by atoms with E-state index in [2.05, 4.69) is 6.92 Å². The van der Waals surface area contributed by atoms with E-state index in [9.17, 15) is 9.59 Å². The van der Waals surface area contributed by atoms with Crippen LogP contribution in [0.1, 0.15) is 84.5 Å². The van der Waals surface area contributed by atoms with Crippen molar-refractivity contribution in [2.45, 2.75) is 89.4 Å². The molecule has 0 N–H and O–H groups in total. The first kappa shape index (κ1) is 18.6. The lowest BCUT2D eigenvalue weighted by atomic mass is 10.0. The van der Waals surface area contributed by atoms with Crippen molar-refractivity contribution < 1.29 is 9.59 Å². The van der Waals surface area contributed by atoms with Crippen LogP contribution in [0.25, 0.3) is 0 Å². The summed E-state index contributed by atoms with van der Waals surface area (Å²) in [5.74, 6) is 0.0730. The van der Waals surface area contributed by atoms with Gasteiger partial charge in [0.05, 0.1) is 0 Å². The summed E-state index contributed by atoms with van der Waals surface area (Å²) in [4.78, 5) is 20.9. The van der Waals surface area contributed by atoms with Crippen LogP contribution in [0, 0.1) is 0 Å². The maximum Gasteiger partial charge on any atom is 0.221 e. The van der Waals surface area contributed by atoms with Crippen molar-refractivity contribution in [2.24, 2.45) is 0 Å². The molecule has 0 aromatic rings. The maximum absolute atomic E-state index is 11.6. The number of rotatable bonds is 13. The summed E-state index contributed by atoms with van der Waals surface area (Å²) in [6.07, 6.45) is 13.5. The van der Waals surface area contributed by atoms with Crippen molar-refractivity contribution in [1.82, 2.24) is 0 Å². The van der Waals surface area contributed by atoms with Crippen LogP contribution in [0.4, 0.5) is 0 Å². The number of carbonyl (C=O) groups is 1. The van der Waals surface area contributed by atoms with Gasteiger partial charge in [0.1, 0.15) is 10.7 Å². The van der Waals surface area contributed by atoms with Gasteiger partial charge in [-0.2, -0.15) is 0 Å². The highest BCUT2D eigenvalue weighted by molar-refractivity contribution is 6.32. The summed E-state index contributed by atoms with van der Waals surface area (Å²) in [7, 11) is 0. The molecule has 0 aliphatic carbocycles. The summed E-state index contributed by atoms with van der Waals surface area (Å²) in [6, 6.07) is 0. The summed E-state index contributed by atoms with van der Waals surface area (Å²) in [6.45, 7) is 3.76. The fourth-order valence-electron chi connectivity index (χ4n) is 2.13. The van der Waals surface area contributed by atoms with Gasteiger partial charge in [0.15, 0.2) is 0 Å². The minimum absolute atomic E-state index is 0.0730. The zero-order valence-electron chi connectivity index (χ0n) is 12.5. The molecule has 0 spiro atoms. The number of carbonyl (C=O) groups excluding carboxylic acids is 2. The van der Waals surface area contributed by atoms with Gasteiger partial charge >= 0.3 is 0 Å². The van der Waals surface area contributed by atoms with Crippen molar-refractivity contribution in [3.8, 4) is 0 Å². The third kappa shape index (κ3) is 12.4. The average Bonchev–Trinajstić information content (AvgIpc) is 2.36. The zero-order chi connectivity index (χ0) is 14.6. The van der Waals surface area contributed by atoms with E-state index < -0.39 is 4.87 Å². The van der Waals surface area contributed by atoms with Crippen molar-refractivity contribution in [3.05, 3.63) is 0 Å². The minimum atomic E-state index is -1.13. The van der Waals surface area contributed by atoms with Gasteiger partial charge < -0.3 is 0 Å². The molecule has 0 aliphatic heterocycles. The summed E-state index contributed by atoms with van der Waals surface area (Å²) >= 11 is 5.79. The standard InChI is InChI=1S/C16H28ClO2/c1-3-4-5-6-7-8-9-10-11-12-15(19)13-16(2,17)14-18/h3-13H2,1-2H3. The lowest BCUT2D eigenvalue weighted by Crippen LogP contribution is -2.22. The molecule has 0 fully saturated rings. The van der Waals surface area contributed by atoms with E-state index in [4.69, 9.17) is 11.6 Å². The number of unbranched alkanes of at least 4 members (excludes halogenated alkanes) is 8. The van der Waals surface area contributed by atoms with Crippen LogP contribution in [-0.4, -0.2) is 16.9 Å². The summed E-state index contributed by atoms with van der Waals surface area (Å²) in [5.41, 5.74) is 0. The molecule has 0 amide bonds. The predicted molar refractivity (Wildman–Crippen MR) is 81.4 cm³/mol. The Morgan fingerprint density at radius 3 is 1.95 bits per heavy atom. The van der Waals surface area contributed by atoms with Crippen molar-refractivity contribution >= 4 is 23.7 Å². The first-order valence-corrected chi connectivity index (χ1v) is 7.99. The lowest BCUT2D eigenvalue weighted by Gasteiger charge is -2.11. The number of ketones is 1. The molecular formula is C16H28ClO2. The van der Waals surface area contributed by atoms with E-state index >= 15 is 0 Å². The van der Waals surface area contributed by atoms with Crippen LogP contribution >= 0.6 is 11.6 Å². The third-order valence-corrected chi connectivity index (χ3v) is 3.51. The van der Waals surface area contributed by atoms with E-state index in [1.807, 2.05) is 0 Å². The van der Waals surface area contributed by atoms with Crippen LogP contribution in [0.2, 0.25) is 0 Å². The lowest BCUT2D eigenvalue weighted by molar-refractivity contribution is -0.119. The number of halogens is 1. The van der Waals surface area contributed by atoms with Crippen LogP contribution < -0.4 is 0 Å². The van der Waals surface area contributed by atoms with Crippen LogP contribution in [0.15, 0.2) is 0 Å². The fraction of sp³-hybridized carbons (Fsp3) is 0.875. The zero-order valence-corrected chi connectivity index (χ0v) is 13.2. The van der Waals surface area contributed by atoms with E-state index in [1.165, 1.54) is 51.9 Å². The Labute approximate surface area is 123 Å². The topological polar surface area (TPSA) is 34.1 Å². The SMILES string of the molecule is CCCCCCCCCCCC(=O)CC(C)(Cl)[C]=O. The van der Waals surface area contributed by atoms with E-state index in [0.717, 1.165) is 12.8 Å². The molecule has 0 aromatic heterocycles. The van der Waals surface area contributed by atoms with Crippen LogP contribution in [-0.2, 0) is 9.59 Å². The number of hydrogen-bond acceptors (Lipinski definition) is 2. The Kier molecular flexibility index (Phi) is 11.2. The van der Waals surface area contributed by atoms with Gasteiger partial charge in [-0.15, -0.1) is 11.6 Å². The third-order valence-electron chi connectivity index (χ3n) is 3.30. The molecule has 0 aromatic carbocycles. The molecule has 0 heterocycles. The van der Waals surface area contributed by atoms with Gasteiger partial charge in [-0.25, -0.2) is 0 Å². The van der Waals surface area contributed by atoms with Gasteiger partial charge in [0, 0.05) is 12.8 Å². The normalized spacial score (nSPS) is 14.1. The molecule has 1 atom stereocenters. The van der Waals surface area contributed by atoms with E-state index in [-0.39, 0.29) is 12.2 Å². The highest BCUT2D eigenvalue weighted by atomic mass is 35.5. The Bertz CT molecular complexity index is 249. The minimum Gasteiger partial charge on any atom is -0.300 e. The highest BCUT2D eigenvalue weighted by Gasteiger charge is 2.24. The molecule has 1 radical (unpaired) electrons. The summed E-state index contributed by atoms with van der Waals surface area (Å²) in [5, 5.41) is 0. The molecule has 0 rings (SSSR count). The largest absolute Gasteiger partial charge is 0.300 e. The monoisotopic (exact) mass is 287 g/mol. The van der Waals surface area contributed by atoms with Gasteiger partial charge in [-0.3, -0.25) is 9.59 Å². The number of Topliss-reactive ketones (excluding diaryl/α,β-unsaturated/α-hetero) is 1. The molecule has 2 nitrogen and oxygen atoms in total. The Balaban J connectivity index is 3.35. The smallest absolute Gasteiger partial charge is 0.221 e. The molecular weight excluding hydrogens is 260 g/mol. The summed E-state index contributed by atoms with van der Waals surface area (Å²) < 4.78 is 0. The molecule has 0 saturated carbocycles. The molecule has 111 valence electrons. The van der Waals surface area contributed by atoms with Gasteiger partial charge in [0.2, 0.25) is 6.29 Å². The number of alkyl halides is 1. The van der Waals surface area contributed by atoms with Gasteiger partial charge in [-0.1, -0.05) is 58.3 Å². The molecule has 0 bridgehead atoms. The molecule has 0 saturated heterocycles. The van der Waals surface area contributed by atoms with Crippen molar-refractivity contribution in [1.29, 1.82) is 0 Å². The van der Waals surface area contributed by atoms with Crippen LogP contribution in [0.3, 0.4) is 0 Å². The Hall–Kier alpha value is -0.370. The van der Waals surface area contributed by atoms with E-state index in [1.54, 1.807) is 6.29 Å². The fourth-order valence-corrected chi connectivity index (χ4v) is 2.28. The van der Waals surface area contributed by atoms with Gasteiger partial charge in [-0.05, 0) is 13.3 Å². The first-order valence-electron chi connectivity index (χ1n) is 7.61. The van der Waals surface area contributed by atoms with Crippen LogP contribution in [0.5, 0.6) is 0 Å². The maximum atomic E-state index is 11.6. The van der Waals surface area contributed by atoms with E-state index in [0.29, 0.717) is 6.42 Å². The quantitative estimate of drug-likeness (QED) is 0.354.